The van der Waals surface area contributed by atoms with E-state index in [1.807, 2.05) is 6.92 Å². The molecule has 1 aliphatic heterocycles. The third kappa shape index (κ3) is 4.17. The number of nitrogens with two attached hydrogens (primary N) is 1. The van der Waals surface area contributed by atoms with Gasteiger partial charge >= 0.3 is 0 Å². The lowest BCUT2D eigenvalue weighted by Gasteiger charge is -2.23. The van der Waals surface area contributed by atoms with Gasteiger partial charge in [0.15, 0.2) is 0 Å². The molecule has 0 aromatic heterocycles. The van der Waals surface area contributed by atoms with Crippen LogP contribution in [-0.4, -0.2) is 39.0 Å². The van der Waals surface area contributed by atoms with Gasteiger partial charge in [-0.3, -0.25) is 4.90 Å². The maximum absolute atomic E-state index is 12.3. The molecule has 1 aliphatic rings. The molecule has 0 aliphatic carbocycles. The normalized spacial score (nSPS) is 18.0. The molecule has 1 fully saturated rings. The number of halogens is 1. The lowest BCUT2D eigenvalue weighted by Crippen LogP contribution is -2.40. The van der Waals surface area contributed by atoms with E-state index in [1.54, 1.807) is 6.07 Å². The van der Waals surface area contributed by atoms with E-state index in [0.29, 0.717) is 18.1 Å². The monoisotopic (exact) mass is 331 g/mol. The van der Waals surface area contributed by atoms with Crippen molar-refractivity contribution >= 4 is 21.6 Å². The number of hydrogen-bond donors (Lipinski definition) is 2. The van der Waals surface area contributed by atoms with E-state index in [4.69, 9.17) is 17.3 Å². The fourth-order valence-corrected chi connectivity index (χ4v) is 3.96. The Morgan fingerprint density at radius 1 is 1.38 bits per heavy atom. The Balaban J connectivity index is 2.02. The van der Waals surface area contributed by atoms with Crippen molar-refractivity contribution in [3.63, 3.8) is 0 Å². The molecule has 0 bridgehead atoms. The average molecular weight is 332 g/mol. The zero-order valence-electron chi connectivity index (χ0n) is 12.2. The van der Waals surface area contributed by atoms with E-state index in [2.05, 4.69) is 9.62 Å². The van der Waals surface area contributed by atoms with Crippen LogP contribution < -0.4 is 10.5 Å². The summed E-state index contributed by atoms with van der Waals surface area (Å²) in [5.41, 5.74) is 6.26. The van der Waals surface area contributed by atoms with Gasteiger partial charge in [0.1, 0.15) is 0 Å². The van der Waals surface area contributed by atoms with Crippen molar-refractivity contribution in [3.05, 3.63) is 28.8 Å². The second-order valence-electron chi connectivity index (χ2n) is 5.40. The predicted octanol–water partition coefficient (Wildman–Crippen LogP) is 1.56. The third-order valence-corrected chi connectivity index (χ3v) is 5.66. The molecule has 7 heteroatoms. The highest BCUT2D eigenvalue weighted by atomic mass is 35.5. The van der Waals surface area contributed by atoms with Crippen LogP contribution in [0.3, 0.4) is 0 Å². The summed E-state index contributed by atoms with van der Waals surface area (Å²) in [6.07, 6.45) is 2.38. The minimum atomic E-state index is -3.53. The molecule has 3 N–H and O–H groups in total. The first-order chi connectivity index (χ1) is 9.94. The summed E-state index contributed by atoms with van der Waals surface area (Å²) >= 11 is 6.02. The minimum Gasteiger partial charge on any atom is -0.326 e. The van der Waals surface area contributed by atoms with Gasteiger partial charge in [-0.15, -0.1) is 0 Å². The molecule has 5 nitrogen and oxygen atoms in total. The number of nitrogens with zero attached hydrogens (tertiary/aromatic N) is 1. The number of rotatable bonds is 6. The van der Waals surface area contributed by atoms with E-state index in [0.717, 1.165) is 18.7 Å². The van der Waals surface area contributed by atoms with E-state index in [9.17, 15) is 8.42 Å². The van der Waals surface area contributed by atoms with Gasteiger partial charge < -0.3 is 5.73 Å². The van der Waals surface area contributed by atoms with E-state index in [-0.39, 0.29) is 10.9 Å². The van der Waals surface area contributed by atoms with Gasteiger partial charge in [0.25, 0.3) is 0 Å². The molecule has 118 valence electrons. The summed E-state index contributed by atoms with van der Waals surface area (Å²) < 4.78 is 27.2. The molecule has 1 unspecified atom stereocenters. The van der Waals surface area contributed by atoms with Crippen LogP contribution in [0.2, 0.25) is 5.02 Å². The van der Waals surface area contributed by atoms with Crippen molar-refractivity contribution in [1.82, 2.24) is 9.62 Å². The molecule has 1 atom stereocenters. The molecule has 2 rings (SSSR count). The Kier molecular flexibility index (Phi) is 5.62. The first kappa shape index (κ1) is 16.7. The van der Waals surface area contributed by atoms with Gasteiger partial charge in [-0.2, -0.15) is 0 Å². The molecule has 1 aromatic rings. The maximum Gasteiger partial charge on any atom is 0.240 e. The SMILES string of the molecule is CC(CNS(=O)(=O)c1ccc(CN)c(Cl)c1)N1CCCC1. The van der Waals surface area contributed by atoms with Gasteiger partial charge in [0.05, 0.1) is 4.90 Å². The summed E-state index contributed by atoms with van der Waals surface area (Å²) in [7, 11) is -3.53. The number of hydrogen-bond acceptors (Lipinski definition) is 4. The number of benzene rings is 1. The fourth-order valence-electron chi connectivity index (χ4n) is 2.49. The van der Waals surface area contributed by atoms with E-state index < -0.39 is 10.0 Å². The van der Waals surface area contributed by atoms with Gasteiger partial charge in [-0.25, -0.2) is 13.1 Å². The molecule has 0 spiro atoms. The number of sulfonamides is 1. The zero-order valence-corrected chi connectivity index (χ0v) is 13.8. The highest BCUT2D eigenvalue weighted by Gasteiger charge is 2.21. The fraction of sp³-hybridized carbons (Fsp3) is 0.571. The lowest BCUT2D eigenvalue weighted by atomic mass is 10.2. The molecular formula is C14H22ClN3O2S. The van der Waals surface area contributed by atoms with Crippen LogP contribution in [0.1, 0.15) is 25.3 Å². The Bertz CT molecular complexity index is 586. The third-order valence-electron chi connectivity index (χ3n) is 3.89. The largest absolute Gasteiger partial charge is 0.326 e. The standard InChI is InChI=1S/C14H22ClN3O2S/c1-11(18-6-2-3-7-18)10-17-21(19,20)13-5-4-12(9-16)14(15)8-13/h4-5,8,11,17H,2-3,6-7,9-10,16H2,1H3. The summed E-state index contributed by atoms with van der Waals surface area (Å²) in [5.74, 6) is 0. The predicted molar refractivity (Wildman–Crippen MR) is 84.8 cm³/mol. The molecule has 1 heterocycles. The molecule has 1 aromatic carbocycles. The number of nitrogens with one attached hydrogen (secondary N) is 1. The molecule has 1 saturated heterocycles. The molecule has 0 amide bonds. The van der Waals surface area contributed by atoms with Crippen LogP contribution in [0.4, 0.5) is 0 Å². The highest BCUT2D eigenvalue weighted by molar-refractivity contribution is 7.89. The van der Waals surface area contributed by atoms with E-state index >= 15 is 0 Å². The minimum absolute atomic E-state index is 0.179. The van der Waals surface area contributed by atoms with Crippen molar-refractivity contribution in [2.75, 3.05) is 19.6 Å². The van der Waals surface area contributed by atoms with Crippen molar-refractivity contribution in [2.45, 2.75) is 37.2 Å². The smallest absolute Gasteiger partial charge is 0.240 e. The first-order valence-corrected chi connectivity index (χ1v) is 9.02. The van der Waals surface area contributed by atoms with Crippen molar-refractivity contribution < 1.29 is 8.42 Å². The van der Waals surface area contributed by atoms with Crippen molar-refractivity contribution in [3.8, 4) is 0 Å². The zero-order chi connectivity index (χ0) is 15.5. The van der Waals surface area contributed by atoms with Gasteiger partial charge in [-0.1, -0.05) is 17.7 Å². The van der Waals surface area contributed by atoms with Crippen molar-refractivity contribution in [2.24, 2.45) is 5.73 Å². The summed E-state index contributed by atoms with van der Waals surface area (Å²) in [5, 5.41) is 0.382. The van der Waals surface area contributed by atoms with Crippen LogP contribution in [0.15, 0.2) is 23.1 Å². The molecular weight excluding hydrogens is 310 g/mol. The Morgan fingerprint density at radius 3 is 2.62 bits per heavy atom. The van der Waals surface area contributed by atoms with Crippen LogP contribution in [0.5, 0.6) is 0 Å². The van der Waals surface area contributed by atoms with Gasteiger partial charge in [0.2, 0.25) is 10.0 Å². The lowest BCUT2D eigenvalue weighted by molar-refractivity contribution is 0.260. The second-order valence-corrected chi connectivity index (χ2v) is 7.58. The molecule has 0 radical (unpaired) electrons. The number of likely N-dealkylation sites (tertiary alicyclic amines) is 1. The average Bonchev–Trinajstić information content (AvgIpc) is 2.99. The Labute approximate surface area is 131 Å². The van der Waals surface area contributed by atoms with Crippen LogP contribution in [0, 0.1) is 0 Å². The van der Waals surface area contributed by atoms with Crippen LogP contribution in [-0.2, 0) is 16.6 Å². The molecule has 0 saturated carbocycles. The summed E-state index contributed by atoms with van der Waals surface area (Å²) in [4.78, 5) is 2.48. The molecule has 21 heavy (non-hydrogen) atoms. The Morgan fingerprint density at radius 2 is 2.05 bits per heavy atom. The highest BCUT2D eigenvalue weighted by Crippen LogP contribution is 2.20. The van der Waals surface area contributed by atoms with E-state index in [1.165, 1.54) is 25.0 Å². The quantitative estimate of drug-likeness (QED) is 0.829. The second kappa shape index (κ2) is 7.07. The Hall–Kier alpha value is -0.660. The first-order valence-electron chi connectivity index (χ1n) is 7.16. The van der Waals surface area contributed by atoms with Crippen molar-refractivity contribution in [1.29, 1.82) is 0 Å². The van der Waals surface area contributed by atoms with Crippen LogP contribution in [0.25, 0.3) is 0 Å². The van der Waals surface area contributed by atoms with Gasteiger partial charge in [0, 0.05) is 24.2 Å². The maximum atomic E-state index is 12.3. The van der Waals surface area contributed by atoms with Crippen LogP contribution >= 0.6 is 11.6 Å². The van der Waals surface area contributed by atoms with Gasteiger partial charge in [-0.05, 0) is 50.6 Å². The topological polar surface area (TPSA) is 75.4 Å². The summed E-state index contributed by atoms with van der Waals surface area (Å²) in [6, 6.07) is 4.84. The summed E-state index contributed by atoms with van der Waals surface area (Å²) in [6.45, 7) is 4.81.